The van der Waals surface area contributed by atoms with E-state index in [4.69, 9.17) is 13.6 Å². The summed E-state index contributed by atoms with van der Waals surface area (Å²) in [5.41, 5.74) is 4.33. The third-order valence-electron chi connectivity index (χ3n) is 10.0. The van der Waals surface area contributed by atoms with Gasteiger partial charge in [-0.25, -0.2) is 4.90 Å². The molecule has 6 rings (SSSR count). The van der Waals surface area contributed by atoms with Crippen LogP contribution in [0, 0.1) is 0 Å². The van der Waals surface area contributed by atoms with Gasteiger partial charge in [0.2, 0.25) is 0 Å². The van der Waals surface area contributed by atoms with Gasteiger partial charge in [0.05, 0.1) is 41.2 Å². The molecular formula is C43H50N2O7Si2. The molecule has 1 N–H and O–H groups in total. The number of unbranched alkanes of at least 4 members (excludes halogenated alkanes) is 2. The highest BCUT2D eigenvalue weighted by molar-refractivity contribution is 6.84. The van der Waals surface area contributed by atoms with Gasteiger partial charge >= 0.3 is 0 Å². The molecule has 11 heteroatoms. The highest BCUT2D eigenvalue weighted by Crippen LogP contribution is 2.34. The summed E-state index contributed by atoms with van der Waals surface area (Å²) in [6.45, 7) is 15.0. The van der Waals surface area contributed by atoms with Crippen LogP contribution in [-0.2, 0) is 4.12 Å². The van der Waals surface area contributed by atoms with Crippen molar-refractivity contribution in [2.75, 3.05) is 18.1 Å². The number of carbonyl (C=O) groups excluding carboxylic acids is 4. The van der Waals surface area contributed by atoms with E-state index in [-0.39, 0.29) is 11.1 Å². The molecule has 0 atom stereocenters. The van der Waals surface area contributed by atoms with Gasteiger partial charge in [-0.1, -0.05) is 51.0 Å². The lowest BCUT2D eigenvalue weighted by molar-refractivity contribution is 0.0874. The summed E-state index contributed by atoms with van der Waals surface area (Å²) in [5, 5.41) is 2.29. The monoisotopic (exact) mass is 762 g/mol. The molecule has 0 saturated carbocycles. The van der Waals surface area contributed by atoms with Gasteiger partial charge in [0.25, 0.3) is 23.6 Å². The fourth-order valence-corrected chi connectivity index (χ4v) is 16.2. The second-order valence-corrected chi connectivity index (χ2v) is 24.6. The van der Waals surface area contributed by atoms with E-state index < -0.39 is 40.3 Å². The van der Waals surface area contributed by atoms with Gasteiger partial charge in [-0.05, 0) is 134 Å². The van der Waals surface area contributed by atoms with Gasteiger partial charge in [-0.2, -0.15) is 0 Å². The predicted octanol–water partition coefficient (Wildman–Crippen LogP) is 9.61. The molecule has 0 unspecified atom stereocenters. The molecule has 4 amide bonds. The number of hydrogen-bond acceptors (Lipinski definition) is 7. The van der Waals surface area contributed by atoms with Crippen LogP contribution in [0.1, 0.15) is 92.4 Å². The number of hydrogen-bond donors (Lipinski definition) is 1. The van der Waals surface area contributed by atoms with Crippen molar-refractivity contribution in [3.05, 3.63) is 113 Å². The first-order valence-electron chi connectivity index (χ1n) is 18.9. The summed E-state index contributed by atoms with van der Waals surface area (Å²) in [6, 6.07) is 27.6. The van der Waals surface area contributed by atoms with Crippen molar-refractivity contribution < 1.29 is 32.8 Å². The standard InChI is InChI=1S/C43H50N2O7Si2/c1-29(2)30-11-17-34(18-12-30)50-23-7-9-25-53(3,4)52-54(5,6)26-10-8-24-51-35-19-15-33(16-20-35)45-42(48)37-22-14-32(28-39(37)43(45)49)31-13-21-36-38(27-31)41(47)44-40(36)46/h11-22,27-29H,7-10,23-26H2,1-6H3,(H,44,46,47). The van der Waals surface area contributed by atoms with Crippen LogP contribution in [0.5, 0.6) is 11.5 Å². The fourth-order valence-electron chi connectivity index (χ4n) is 7.18. The largest absolute Gasteiger partial charge is 0.494 e. The van der Waals surface area contributed by atoms with E-state index in [0.717, 1.165) is 50.1 Å². The number of fused-ring (bicyclic) bond motifs is 2. The third-order valence-corrected chi connectivity index (χ3v) is 17.6. The molecule has 9 nitrogen and oxygen atoms in total. The first-order chi connectivity index (χ1) is 25.7. The number of amides is 4. The number of carbonyl (C=O) groups is 4. The van der Waals surface area contributed by atoms with Crippen LogP contribution < -0.4 is 19.7 Å². The van der Waals surface area contributed by atoms with Crippen molar-refractivity contribution in [3.8, 4) is 22.6 Å². The molecule has 0 fully saturated rings. The number of rotatable bonds is 17. The molecule has 2 heterocycles. The summed E-state index contributed by atoms with van der Waals surface area (Å²) in [4.78, 5) is 52.1. The first kappa shape index (κ1) is 38.9. The lowest BCUT2D eigenvalue weighted by Gasteiger charge is -2.34. The highest BCUT2D eigenvalue weighted by Gasteiger charge is 2.37. The van der Waals surface area contributed by atoms with Crippen LogP contribution in [-0.4, -0.2) is 53.5 Å². The SMILES string of the molecule is CC(C)c1ccc(OCCCC[Si](C)(C)O[Si](C)(C)CCCCOc2ccc(N3C(=O)c4ccc(-c5ccc6c(c5)C(=O)NC6=O)cc4C3=O)cc2)cc1. The lowest BCUT2D eigenvalue weighted by atomic mass is 9.97. The molecule has 282 valence electrons. The van der Waals surface area contributed by atoms with Crippen molar-refractivity contribution in [3.63, 3.8) is 0 Å². The molecule has 0 bridgehead atoms. The molecular weight excluding hydrogens is 713 g/mol. The van der Waals surface area contributed by atoms with Gasteiger partial charge in [-0.3, -0.25) is 24.5 Å². The van der Waals surface area contributed by atoms with Crippen molar-refractivity contribution in [2.45, 2.75) is 83.7 Å². The molecule has 2 aliphatic heterocycles. The Morgan fingerprint density at radius 2 is 1.06 bits per heavy atom. The quantitative estimate of drug-likeness (QED) is 0.0648. The zero-order chi connectivity index (χ0) is 38.6. The first-order valence-corrected chi connectivity index (χ1v) is 25.1. The average Bonchev–Trinajstić information content (AvgIpc) is 3.56. The van der Waals surface area contributed by atoms with Crippen LogP contribution >= 0.6 is 0 Å². The van der Waals surface area contributed by atoms with Gasteiger partial charge in [0.1, 0.15) is 11.5 Å². The molecule has 54 heavy (non-hydrogen) atoms. The Bertz CT molecular complexity index is 2040. The van der Waals surface area contributed by atoms with E-state index in [2.05, 4.69) is 69.6 Å². The summed E-state index contributed by atoms with van der Waals surface area (Å²) in [5.74, 6) is 0.440. The molecule has 0 radical (unpaired) electrons. The lowest BCUT2D eigenvalue weighted by Crippen LogP contribution is -2.44. The number of nitrogens with zero attached hydrogens (tertiary/aromatic N) is 1. The topological polar surface area (TPSA) is 111 Å². The Morgan fingerprint density at radius 3 is 1.61 bits per heavy atom. The van der Waals surface area contributed by atoms with Crippen LogP contribution in [0.15, 0.2) is 84.9 Å². The minimum absolute atomic E-state index is 0.286. The Hall–Kier alpha value is -4.85. The Labute approximate surface area is 320 Å². The third kappa shape index (κ3) is 9.08. The maximum Gasteiger partial charge on any atom is 0.266 e. The highest BCUT2D eigenvalue weighted by atomic mass is 28.4. The summed E-state index contributed by atoms with van der Waals surface area (Å²) >= 11 is 0. The Morgan fingerprint density at radius 1 is 0.574 bits per heavy atom. The number of ether oxygens (including phenoxy) is 2. The number of imide groups is 2. The van der Waals surface area contributed by atoms with Gasteiger partial charge in [0.15, 0.2) is 16.6 Å². The second-order valence-electron chi connectivity index (χ2n) is 15.7. The van der Waals surface area contributed by atoms with E-state index in [9.17, 15) is 19.2 Å². The summed E-state index contributed by atoms with van der Waals surface area (Å²) in [7, 11) is -3.61. The maximum absolute atomic E-state index is 13.5. The Balaban J connectivity index is 0.923. The van der Waals surface area contributed by atoms with Gasteiger partial charge in [-0.15, -0.1) is 0 Å². The van der Waals surface area contributed by atoms with Crippen LogP contribution in [0.25, 0.3) is 11.1 Å². The average molecular weight is 763 g/mol. The number of nitrogens with one attached hydrogen (secondary N) is 1. The molecule has 0 aliphatic carbocycles. The van der Waals surface area contributed by atoms with Crippen molar-refractivity contribution in [1.29, 1.82) is 0 Å². The van der Waals surface area contributed by atoms with Crippen molar-refractivity contribution in [2.24, 2.45) is 0 Å². The number of anilines is 1. The molecule has 4 aromatic carbocycles. The van der Waals surface area contributed by atoms with E-state index in [1.807, 2.05) is 0 Å². The van der Waals surface area contributed by atoms with Crippen LogP contribution in [0.2, 0.25) is 38.3 Å². The zero-order valence-corrected chi connectivity index (χ0v) is 34.1. The van der Waals surface area contributed by atoms with Crippen molar-refractivity contribution in [1.82, 2.24) is 5.32 Å². The smallest absolute Gasteiger partial charge is 0.266 e. The summed E-state index contributed by atoms with van der Waals surface area (Å²) < 4.78 is 18.9. The van der Waals surface area contributed by atoms with E-state index >= 15 is 0 Å². The zero-order valence-electron chi connectivity index (χ0n) is 32.1. The fraction of sp³-hybridized carbons (Fsp3) is 0.349. The molecule has 0 saturated heterocycles. The van der Waals surface area contributed by atoms with E-state index in [1.54, 1.807) is 60.7 Å². The van der Waals surface area contributed by atoms with Crippen LogP contribution in [0.4, 0.5) is 5.69 Å². The predicted molar refractivity (Wildman–Crippen MR) is 217 cm³/mol. The maximum atomic E-state index is 13.5. The molecule has 4 aromatic rings. The van der Waals surface area contributed by atoms with E-state index in [1.165, 1.54) is 10.5 Å². The minimum Gasteiger partial charge on any atom is -0.494 e. The normalized spacial score (nSPS) is 14.1. The Kier molecular flexibility index (Phi) is 11.7. The molecule has 2 aliphatic rings. The van der Waals surface area contributed by atoms with E-state index in [0.29, 0.717) is 46.2 Å². The molecule has 0 spiro atoms. The van der Waals surface area contributed by atoms with Crippen LogP contribution in [0.3, 0.4) is 0 Å². The minimum atomic E-state index is -1.82. The number of benzene rings is 4. The molecule has 0 aromatic heterocycles. The summed E-state index contributed by atoms with van der Waals surface area (Å²) in [6.07, 6.45) is 4.07. The second kappa shape index (κ2) is 16.3. The van der Waals surface area contributed by atoms with Gasteiger partial charge in [0, 0.05) is 0 Å². The van der Waals surface area contributed by atoms with Crippen molar-refractivity contribution >= 4 is 46.0 Å². The van der Waals surface area contributed by atoms with Gasteiger partial charge < -0.3 is 13.6 Å².